The fourth-order valence-corrected chi connectivity index (χ4v) is 7.28. The molecule has 2 fully saturated rings. The molecule has 4 rings (SSSR count). The van der Waals surface area contributed by atoms with Crippen molar-refractivity contribution >= 4 is 52.9 Å². The third-order valence-electron chi connectivity index (χ3n) is 10.0. The zero-order valence-corrected chi connectivity index (χ0v) is 32.3. The highest BCUT2D eigenvalue weighted by Crippen LogP contribution is 2.49. The van der Waals surface area contributed by atoms with Gasteiger partial charge in [-0.15, -0.1) is 0 Å². The molecule has 3 aliphatic heterocycles. The van der Waals surface area contributed by atoms with Crippen LogP contribution < -0.4 is 15.0 Å². The molecule has 8 atom stereocenters. The predicted molar refractivity (Wildman–Crippen MR) is 194 cm³/mol. The zero-order valence-electron chi connectivity index (χ0n) is 30.7. The summed E-state index contributed by atoms with van der Waals surface area (Å²) in [5.74, 6) is -0.896. The van der Waals surface area contributed by atoms with Crippen LogP contribution in [0.4, 0.5) is 10.5 Å². The van der Waals surface area contributed by atoms with E-state index in [1.54, 1.807) is 52.1 Å². The summed E-state index contributed by atoms with van der Waals surface area (Å²) in [4.78, 5) is 56.0. The van der Waals surface area contributed by atoms with Crippen molar-refractivity contribution in [3.8, 4) is 5.75 Å². The molecule has 0 aliphatic carbocycles. The van der Waals surface area contributed by atoms with Gasteiger partial charge in [0.15, 0.2) is 5.72 Å². The van der Waals surface area contributed by atoms with Crippen molar-refractivity contribution in [2.45, 2.75) is 95.2 Å². The lowest BCUT2D eigenvalue weighted by Crippen LogP contribution is -2.63. The van der Waals surface area contributed by atoms with Crippen LogP contribution in [0.15, 0.2) is 35.9 Å². The van der Waals surface area contributed by atoms with Crippen LogP contribution in [0.2, 0.25) is 5.02 Å². The van der Waals surface area contributed by atoms with Crippen molar-refractivity contribution < 1.29 is 48.0 Å². The first-order valence-electron chi connectivity index (χ1n) is 16.8. The summed E-state index contributed by atoms with van der Waals surface area (Å²) >= 11 is 8.27. The molecule has 0 spiro atoms. The average molecular weight is 752 g/mol. The molecular formula is C36H50ClN3O10S. The van der Waals surface area contributed by atoms with E-state index in [1.807, 2.05) is 19.3 Å². The molecule has 51 heavy (non-hydrogen) atoms. The van der Waals surface area contributed by atoms with E-state index in [9.17, 15) is 24.3 Å². The molecule has 1 aromatic rings. The summed E-state index contributed by atoms with van der Waals surface area (Å²) in [6, 6.07) is 2.64. The second-order valence-electron chi connectivity index (χ2n) is 13.6. The van der Waals surface area contributed by atoms with Crippen LogP contribution in [0.1, 0.15) is 52.5 Å². The largest absolute Gasteiger partial charge is 0.495 e. The lowest BCUT2D eigenvalue weighted by atomic mass is 9.83. The summed E-state index contributed by atoms with van der Waals surface area (Å²) in [7, 11) is 6.04. The number of benzene rings is 1. The maximum absolute atomic E-state index is 14.1. The van der Waals surface area contributed by atoms with Crippen LogP contribution in [0.5, 0.6) is 5.75 Å². The van der Waals surface area contributed by atoms with E-state index in [0.717, 1.165) is 11.1 Å². The Kier molecular flexibility index (Phi) is 13.2. The first-order valence-corrected chi connectivity index (χ1v) is 18.6. The molecule has 3 aliphatic rings. The number of halogens is 1. The van der Waals surface area contributed by atoms with Crippen LogP contribution in [-0.4, -0.2) is 116 Å². The number of anilines is 1. The maximum atomic E-state index is 14.1. The van der Waals surface area contributed by atoms with E-state index < -0.39 is 65.7 Å². The Morgan fingerprint density at radius 3 is 2.63 bits per heavy atom. The fourth-order valence-electron chi connectivity index (χ4n) is 6.58. The molecule has 2 saturated heterocycles. The van der Waals surface area contributed by atoms with Crippen molar-refractivity contribution in [3.63, 3.8) is 0 Å². The molecule has 1 aromatic carbocycles. The van der Waals surface area contributed by atoms with Gasteiger partial charge >= 0.3 is 12.1 Å². The number of methoxy groups -OCH3 is 2. The third kappa shape index (κ3) is 9.02. The number of thioether (sulfide) groups is 1. The molecule has 3 amide bonds. The number of ether oxygens (including phenoxy) is 5. The Balaban J connectivity index is 1.76. The number of carbonyl (C=O) groups excluding carboxylic acids is 4. The van der Waals surface area contributed by atoms with E-state index in [2.05, 4.69) is 5.32 Å². The number of nitrogens with zero attached hydrogens (tertiary/aromatic N) is 2. The molecule has 13 nitrogen and oxygen atoms in total. The minimum absolute atomic E-state index is 0.0440. The van der Waals surface area contributed by atoms with Gasteiger partial charge in [0.2, 0.25) is 11.8 Å². The highest BCUT2D eigenvalue weighted by molar-refractivity contribution is 7.98. The SMILES string of the molecule is COc1cc2cc(c1Cl)N(C)C(=O)C[C@H](OC(=O)[C@H](C)N(C)C(=O)CCSC)[C@]1(C)O[C@H]1[C@H](C)C1CC(O)(NC(=O)O1)C(OC)/C=C/C=C(\C)C2. The lowest BCUT2D eigenvalue weighted by molar-refractivity contribution is -0.161. The van der Waals surface area contributed by atoms with Crippen LogP contribution in [0, 0.1) is 5.92 Å². The van der Waals surface area contributed by atoms with Gasteiger partial charge in [-0.2, -0.15) is 11.8 Å². The number of epoxide rings is 1. The predicted octanol–water partition coefficient (Wildman–Crippen LogP) is 4.27. The smallest absolute Gasteiger partial charge is 0.409 e. The number of fused-ring (bicyclic) bond motifs is 5. The Morgan fingerprint density at radius 2 is 1.98 bits per heavy atom. The standard InChI is InChI=1S/C36H50ClN3O10S/c1-20-11-10-12-27(47-8)36(45)19-26(48-34(44)38-36)21(2)32-35(4,50-32)28(49-33(43)22(3)39(5)29(41)13-14-51-9)18-30(42)40(6)24-16-23(15-20)17-25(46-7)31(24)37/h10-12,16-17,21-22,26-28,32,45H,13-15,18-19H2,1-9H3,(H,38,44)/b12-10+,20-11+/t21-,22+,26?,27?,28+,32+,35+,36?/m1/s1. The highest BCUT2D eigenvalue weighted by atomic mass is 35.5. The van der Waals surface area contributed by atoms with Gasteiger partial charge in [-0.05, 0) is 51.1 Å². The normalized spacial score (nSPS) is 31.9. The first-order chi connectivity index (χ1) is 24.0. The fraction of sp³-hybridized carbons (Fsp3) is 0.611. The monoisotopic (exact) mass is 751 g/mol. The van der Waals surface area contributed by atoms with Crippen LogP contribution in [-0.2, 0) is 39.8 Å². The van der Waals surface area contributed by atoms with Gasteiger partial charge in [-0.1, -0.05) is 42.3 Å². The van der Waals surface area contributed by atoms with Gasteiger partial charge in [0, 0.05) is 45.7 Å². The number of aliphatic hydroxyl groups is 1. The van der Waals surface area contributed by atoms with E-state index in [4.69, 9.17) is 35.3 Å². The molecular weight excluding hydrogens is 702 g/mol. The molecule has 15 heteroatoms. The number of rotatable bonds is 8. The number of allylic oxidation sites excluding steroid dienone is 3. The van der Waals surface area contributed by atoms with Crippen LogP contribution in [0.3, 0.4) is 0 Å². The molecule has 0 aromatic heterocycles. The summed E-state index contributed by atoms with van der Waals surface area (Å²) < 4.78 is 29.1. The van der Waals surface area contributed by atoms with Crippen molar-refractivity contribution in [1.29, 1.82) is 0 Å². The number of nitrogens with one attached hydrogen (secondary N) is 1. The van der Waals surface area contributed by atoms with Crippen LogP contribution in [0.25, 0.3) is 0 Å². The van der Waals surface area contributed by atoms with Crippen molar-refractivity contribution in [3.05, 3.63) is 46.5 Å². The lowest BCUT2D eigenvalue weighted by Gasteiger charge is -2.42. The average Bonchev–Trinajstić information content (AvgIpc) is 3.79. The number of hydrogen-bond donors (Lipinski definition) is 2. The third-order valence-corrected chi connectivity index (χ3v) is 11.0. The van der Waals surface area contributed by atoms with Crippen molar-refractivity contribution in [1.82, 2.24) is 10.2 Å². The van der Waals surface area contributed by atoms with Crippen molar-refractivity contribution in [2.24, 2.45) is 5.92 Å². The van der Waals surface area contributed by atoms with Crippen molar-refractivity contribution in [2.75, 3.05) is 45.2 Å². The molecule has 0 radical (unpaired) electrons. The Hall–Kier alpha value is -3.30. The molecule has 3 heterocycles. The van der Waals surface area contributed by atoms with E-state index in [0.29, 0.717) is 23.6 Å². The summed E-state index contributed by atoms with van der Waals surface area (Å²) in [5, 5.41) is 14.4. The number of esters is 1. The minimum atomic E-state index is -1.82. The Bertz CT molecular complexity index is 1560. The molecule has 282 valence electrons. The van der Waals surface area contributed by atoms with Crippen LogP contribution >= 0.6 is 23.4 Å². The van der Waals surface area contributed by atoms with E-state index >= 15 is 0 Å². The van der Waals surface area contributed by atoms with E-state index in [-0.39, 0.29) is 30.2 Å². The van der Waals surface area contributed by atoms with Gasteiger partial charge in [-0.25, -0.2) is 9.59 Å². The Labute approximate surface area is 308 Å². The number of carbonyl (C=O) groups is 4. The van der Waals surface area contributed by atoms with Gasteiger partial charge in [0.25, 0.3) is 0 Å². The summed E-state index contributed by atoms with van der Waals surface area (Å²) in [6.45, 7) is 7.02. The van der Waals surface area contributed by atoms with E-state index in [1.165, 1.54) is 42.8 Å². The number of hydrogen-bond acceptors (Lipinski definition) is 11. The number of amides is 3. The maximum Gasteiger partial charge on any atom is 0.409 e. The summed E-state index contributed by atoms with van der Waals surface area (Å²) in [6.07, 6.45) is 3.16. The summed E-state index contributed by atoms with van der Waals surface area (Å²) in [5.41, 5.74) is -0.877. The Morgan fingerprint density at radius 1 is 1.27 bits per heavy atom. The number of alkyl carbamates (subject to hydrolysis) is 1. The second kappa shape index (κ2) is 16.6. The molecule has 2 N–H and O–H groups in total. The highest BCUT2D eigenvalue weighted by Gasteiger charge is 2.64. The second-order valence-corrected chi connectivity index (χ2v) is 15.0. The van der Waals surface area contributed by atoms with Gasteiger partial charge < -0.3 is 38.6 Å². The van der Waals surface area contributed by atoms with Gasteiger partial charge in [0.05, 0.1) is 25.3 Å². The molecule has 4 bridgehead atoms. The molecule has 3 unspecified atom stereocenters. The minimum Gasteiger partial charge on any atom is -0.495 e. The van der Waals surface area contributed by atoms with Gasteiger partial charge in [0.1, 0.15) is 40.7 Å². The topological polar surface area (TPSA) is 156 Å². The first kappa shape index (κ1) is 40.5. The molecule has 0 saturated carbocycles. The van der Waals surface area contributed by atoms with Gasteiger partial charge in [-0.3, -0.25) is 14.9 Å². The zero-order chi connectivity index (χ0) is 37.8. The quantitative estimate of drug-likeness (QED) is 0.289. The number of likely N-dealkylation sites (N-methyl/N-ethyl adjacent to an activating group) is 1.